The lowest BCUT2D eigenvalue weighted by Crippen LogP contribution is -2.04. The van der Waals surface area contributed by atoms with Gasteiger partial charge in [-0.3, -0.25) is 0 Å². The Morgan fingerprint density at radius 1 is 0.338 bits per heavy atom. The number of fused-ring (bicyclic) bond motifs is 9. The molecule has 13 aromatic rings. The van der Waals surface area contributed by atoms with E-state index < -0.39 is 0 Å². The molecule has 0 aliphatic rings. The van der Waals surface area contributed by atoms with Gasteiger partial charge in [-0.05, 0) is 105 Å². The minimum Gasteiger partial charge on any atom is -0.467 e. The lowest BCUT2D eigenvalue weighted by molar-refractivity contribution is 0.670. The number of para-hydroxylation sites is 1. The van der Waals surface area contributed by atoms with Crippen LogP contribution in [0.5, 0.6) is 0 Å². The topological polar surface area (TPSA) is 27.4 Å². The second-order valence-corrected chi connectivity index (χ2v) is 16.7. The van der Waals surface area contributed by atoms with E-state index in [1.807, 2.05) is 12.1 Å². The van der Waals surface area contributed by atoms with E-state index in [4.69, 9.17) is 11.0 Å². The third kappa shape index (κ3) is 5.77. The smallest absolute Gasteiger partial charge is 0.231 e. The van der Waals surface area contributed by atoms with Gasteiger partial charge in [0, 0.05) is 32.3 Å². The minimum absolute atomic E-state index is 0.463. The summed E-state index contributed by atoms with van der Waals surface area (Å²) in [6, 6.07) is 79.9. The summed E-state index contributed by atoms with van der Waals surface area (Å²) in [6.07, 6.45) is 0. The van der Waals surface area contributed by atoms with Gasteiger partial charge in [-0.2, -0.15) is 0 Å². The van der Waals surface area contributed by atoms with Crippen molar-refractivity contribution in [2.24, 2.45) is 0 Å². The summed E-state index contributed by atoms with van der Waals surface area (Å²) >= 11 is 0. The number of hydrogen-bond donors (Lipinski definition) is 0. The maximum atomic E-state index is 8.66. The fraction of sp³-hybridized carbons (Fsp3) is 0. The van der Waals surface area contributed by atoms with Crippen LogP contribution in [0.1, 0.15) is 0 Å². The second kappa shape index (κ2) is 14.6. The SMILES string of the molecule is [C-]#[N+]c1cc(-n2c3ccc(-c4ccccc4)cc3c3cc(-c4ccccc4)ccc32)c(-n2c3ccc(-c4ccccc4)cc3c3cc(-c4ccccc4)ccc32)c2c1oc1ccccc12. The summed E-state index contributed by atoms with van der Waals surface area (Å²) in [7, 11) is 0. The molecule has 0 aliphatic carbocycles. The van der Waals surface area contributed by atoms with Gasteiger partial charge in [0.05, 0.1) is 40.0 Å². The zero-order valence-electron chi connectivity index (χ0n) is 35.1. The van der Waals surface area contributed by atoms with Gasteiger partial charge in [0.25, 0.3) is 0 Å². The van der Waals surface area contributed by atoms with Crippen LogP contribution < -0.4 is 0 Å². The van der Waals surface area contributed by atoms with Crippen molar-refractivity contribution >= 4 is 71.2 Å². The average Bonchev–Trinajstić information content (AvgIpc) is 4.04. The van der Waals surface area contributed by atoms with Crippen molar-refractivity contribution in [1.82, 2.24) is 9.13 Å². The highest BCUT2D eigenvalue weighted by Crippen LogP contribution is 2.48. The zero-order chi connectivity index (χ0) is 43.0. The second-order valence-electron chi connectivity index (χ2n) is 16.7. The van der Waals surface area contributed by atoms with Crippen molar-refractivity contribution in [2.45, 2.75) is 0 Å². The molecule has 0 radical (unpaired) electrons. The first-order chi connectivity index (χ1) is 32.2. The Labute approximate surface area is 374 Å². The van der Waals surface area contributed by atoms with Crippen molar-refractivity contribution < 1.29 is 4.42 Å². The minimum atomic E-state index is 0.463. The molecule has 302 valence electrons. The molecule has 0 atom stereocenters. The molecule has 4 heteroatoms. The lowest BCUT2D eigenvalue weighted by Gasteiger charge is -2.19. The Kier molecular flexibility index (Phi) is 8.24. The van der Waals surface area contributed by atoms with Crippen molar-refractivity contribution in [1.29, 1.82) is 0 Å². The third-order valence-electron chi connectivity index (χ3n) is 13.1. The Bertz CT molecular complexity index is 3850. The van der Waals surface area contributed by atoms with Crippen molar-refractivity contribution in [3.8, 4) is 55.9 Å². The van der Waals surface area contributed by atoms with E-state index >= 15 is 0 Å². The summed E-state index contributed by atoms with van der Waals surface area (Å²) in [5.41, 5.74) is 17.1. The van der Waals surface area contributed by atoms with Crippen LogP contribution in [0.4, 0.5) is 5.69 Å². The highest BCUT2D eigenvalue weighted by molar-refractivity contribution is 6.20. The van der Waals surface area contributed by atoms with Gasteiger partial charge in [0.15, 0.2) is 0 Å². The number of rotatable bonds is 6. The van der Waals surface area contributed by atoms with Crippen LogP contribution in [0.25, 0.3) is 126 Å². The normalized spacial score (nSPS) is 11.7. The molecule has 0 fully saturated rings. The first-order valence-corrected chi connectivity index (χ1v) is 21.9. The standard InChI is InChI=1S/C61H37N3O/c1-62-52-38-57(63-53-30-26-43(39-16-6-2-7-17-39)34-48(53)49-35-44(27-31-54(49)63)40-18-8-3-9-19-40)60(59-47-24-14-15-25-58(47)65-61(52)59)64-55-32-28-45(41-20-10-4-11-21-41)36-50(55)51-37-46(29-33-56(51)64)42-22-12-5-13-23-42/h2-38H. The number of benzene rings is 10. The zero-order valence-corrected chi connectivity index (χ0v) is 35.1. The lowest BCUT2D eigenvalue weighted by atomic mass is 10.0. The predicted molar refractivity (Wildman–Crippen MR) is 270 cm³/mol. The molecule has 0 aliphatic heterocycles. The average molecular weight is 828 g/mol. The quantitative estimate of drug-likeness (QED) is 0.153. The van der Waals surface area contributed by atoms with Crippen LogP contribution in [0.15, 0.2) is 229 Å². The highest BCUT2D eigenvalue weighted by Gasteiger charge is 2.27. The fourth-order valence-corrected chi connectivity index (χ4v) is 10.1. The van der Waals surface area contributed by atoms with Gasteiger partial charge in [-0.25, -0.2) is 4.85 Å². The molecule has 10 aromatic carbocycles. The summed E-state index contributed by atoms with van der Waals surface area (Å²) in [5, 5.41) is 6.41. The van der Waals surface area contributed by atoms with E-state index in [9.17, 15) is 0 Å². The maximum absolute atomic E-state index is 8.66. The summed E-state index contributed by atoms with van der Waals surface area (Å²) in [5.74, 6) is 0. The molecule has 0 saturated carbocycles. The molecule has 13 rings (SSSR count). The molecule has 0 saturated heterocycles. The van der Waals surface area contributed by atoms with Crippen molar-refractivity contribution in [3.05, 3.63) is 236 Å². The Balaban J connectivity index is 1.20. The van der Waals surface area contributed by atoms with Crippen LogP contribution in [0.2, 0.25) is 0 Å². The van der Waals surface area contributed by atoms with Gasteiger partial charge < -0.3 is 13.6 Å². The molecule has 4 nitrogen and oxygen atoms in total. The molecule has 65 heavy (non-hydrogen) atoms. The number of hydrogen-bond acceptors (Lipinski definition) is 1. The van der Waals surface area contributed by atoms with Crippen LogP contribution in [-0.2, 0) is 0 Å². The van der Waals surface area contributed by atoms with E-state index in [1.54, 1.807) is 0 Å². The van der Waals surface area contributed by atoms with E-state index in [0.717, 1.165) is 116 Å². The largest absolute Gasteiger partial charge is 0.467 e. The molecule has 0 unspecified atom stereocenters. The van der Waals surface area contributed by atoms with Gasteiger partial charge in [0.2, 0.25) is 5.69 Å². The number of furan rings is 1. The molecule has 0 bridgehead atoms. The van der Waals surface area contributed by atoms with Crippen LogP contribution in [-0.4, -0.2) is 9.13 Å². The molecule has 3 heterocycles. The predicted octanol–water partition coefficient (Wildman–Crippen LogP) is 17.0. The fourth-order valence-electron chi connectivity index (χ4n) is 10.1. The van der Waals surface area contributed by atoms with E-state index in [1.165, 1.54) is 0 Å². The number of nitrogens with zero attached hydrogens (tertiary/aromatic N) is 3. The maximum Gasteiger partial charge on any atom is 0.231 e. The highest BCUT2D eigenvalue weighted by atomic mass is 16.3. The molecule has 0 amide bonds. The monoisotopic (exact) mass is 827 g/mol. The third-order valence-corrected chi connectivity index (χ3v) is 13.1. The van der Waals surface area contributed by atoms with Gasteiger partial charge in [-0.1, -0.05) is 164 Å². The molecule has 0 N–H and O–H groups in total. The first kappa shape index (κ1) is 36.7. The van der Waals surface area contributed by atoms with Crippen LogP contribution in [0.3, 0.4) is 0 Å². The van der Waals surface area contributed by atoms with Gasteiger partial charge in [0.1, 0.15) is 11.2 Å². The Hall–Kier alpha value is -8.91. The first-order valence-electron chi connectivity index (χ1n) is 21.9. The molecular weight excluding hydrogens is 791 g/mol. The summed E-state index contributed by atoms with van der Waals surface area (Å²) in [4.78, 5) is 4.20. The summed E-state index contributed by atoms with van der Waals surface area (Å²) in [6.45, 7) is 8.66. The molecule has 0 spiro atoms. The molecule has 3 aromatic heterocycles. The van der Waals surface area contributed by atoms with Gasteiger partial charge >= 0.3 is 0 Å². The Morgan fingerprint density at radius 3 is 1.11 bits per heavy atom. The van der Waals surface area contributed by atoms with Crippen molar-refractivity contribution in [2.75, 3.05) is 0 Å². The van der Waals surface area contributed by atoms with E-state index in [0.29, 0.717) is 11.3 Å². The van der Waals surface area contributed by atoms with Crippen LogP contribution >= 0.6 is 0 Å². The molecular formula is C61H37N3O. The van der Waals surface area contributed by atoms with Gasteiger partial charge in [-0.15, -0.1) is 0 Å². The Morgan fingerprint density at radius 2 is 0.708 bits per heavy atom. The summed E-state index contributed by atoms with van der Waals surface area (Å²) < 4.78 is 11.5. The van der Waals surface area contributed by atoms with Crippen molar-refractivity contribution in [3.63, 3.8) is 0 Å². The van der Waals surface area contributed by atoms with E-state index in [-0.39, 0.29) is 0 Å². The van der Waals surface area contributed by atoms with Crippen LogP contribution in [0, 0.1) is 6.57 Å². The number of aromatic nitrogens is 2. The van der Waals surface area contributed by atoms with E-state index in [2.05, 4.69) is 226 Å².